The molecule has 114 valence electrons. The molecule has 0 saturated carbocycles. The first-order valence-corrected chi connectivity index (χ1v) is 8.50. The van der Waals surface area contributed by atoms with Gasteiger partial charge in [0.25, 0.3) is 0 Å². The second kappa shape index (κ2) is 6.45. The summed E-state index contributed by atoms with van der Waals surface area (Å²) in [6, 6.07) is 6.23. The quantitative estimate of drug-likeness (QED) is 0.710. The summed E-state index contributed by atoms with van der Waals surface area (Å²) < 4.78 is 5.93. The van der Waals surface area contributed by atoms with Crippen LogP contribution < -0.4 is 5.32 Å². The average Bonchev–Trinajstić information content (AvgIpc) is 3.10. The molecule has 2 aromatic heterocycles. The number of anilines is 2. The number of nitrogens with one attached hydrogen (secondary N) is 1. The van der Waals surface area contributed by atoms with Crippen molar-refractivity contribution in [3.8, 4) is 0 Å². The van der Waals surface area contributed by atoms with Gasteiger partial charge in [-0.2, -0.15) is 4.98 Å². The first kappa shape index (κ1) is 15.0. The third-order valence-electron chi connectivity index (χ3n) is 3.05. The number of hydrogen-bond donors (Lipinski definition) is 1. The number of aromatic nitrogens is 4. The van der Waals surface area contributed by atoms with Crippen molar-refractivity contribution >= 4 is 33.9 Å². The second-order valence-electron chi connectivity index (χ2n) is 4.82. The monoisotopic (exact) mass is 333 g/mol. The van der Waals surface area contributed by atoms with Crippen LogP contribution in [0.25, 0.3) is 0 Å². The molecule has 0 amide bonds. The lowest BCUT2D eigenvalue weighted by atomic mass is 10.1. The third-order valence-corrected chi connectivity index (χ3v) is 5.01. The molecule has 3 rings (SSSR count). The van der Waals surface area contributed by atoms with Crippen molar-refractivity contribution in [1.82, 2.24) is 20.3 Å². The van der Waals surface area contributed by atoms with Gasteiger partial charge in [-0.15, -0.1) is 10.2 Å². The first-order chi connectivity index (χ1) is 10.6. The van der Waals surface area contributed by atoms with Crippen LogP contribution in [0.2, 0.25) is 0 Å². The summed E-state index contributed by atoms with van der Waals surface area (Å²) >= 11 is 3.04. The fourth-order valence-corrected chi connectivity index (χ4v) is 3.39. The van der Waals surface area contributed by atoms with Crippen LogP contribution in [-0.4, -0.2) is 20.3 Å². The zero-order chi connectivity index (χ0) is 15.5. The smallest absolute Gasteiger partial charge is 0.237 e. The van der Waals surface area contributed by atoms with Gasteiger partial charge in [-0.1, -0.05) is 34.3 Å². The minimum absolute atomic E-state index is 0.596. The SMILES string of the molecule is Cc1noc(CSc2nnc(Nc3ccc(C)c(C)c3)s2)n1. The highest BCUT2D eigenvalue weighted by molar-refractivity contribution is 8.00. The lowest BCUT2D eigenvalue weighted by Crippen LogP contribution is -1.91. The molecule has 0 bridgehead atoms. The zero-order valence-electron chi connectivity index (χ0n) is 12.5. The predicted molar refractivity (Wildman–Crippen MR) is 87.7 cm³/mol. The van der Waals surface area contributed by atoms with E-state index in [-0.39, 0.29) is 0 Å². The number of hydrogen-bond acceptors (Lipinski definition) is 8. The maximum Gasteiger partial charge on any atom is 0.237 e. The number of rotatable bonds is 5. The molecule has 2 heterocycles. The van der Waals surface area contributed by atoms with E-state index in [0.29, 0.717) is 17.5 Å². The number of benzene rings is 1. The Labute approximate surface area is 136 Å². The largest absolute Gasteiger partial charge is 0.338 e. The molecule has 1 aromatic carbocycles. The van der Waals surface area contributed by atoms with Crippen LogP contribution in [0.5, 0.6) is 0 Å². The van der Waals surface area contributed by atoms with Gasteiger partial charge in [0.05, 0.1) is 5.75 Å². The summed E-state index contributed by atoms with van der Waals surface area (Å²) in [6.07, 6.45) is 0. The zero-order valence-corrected chi connectivity index (χ0v) is 14.1. The van der Waals surface area contributed by atoms with Crippen LogP contribution >= 0.6 is 23.1 Å². The molecule has 22 heavy (non-hydrogen) atoms. The van der Waals surface area contributed by atoms with E-state index in [2.05, 4.69) is 51.6 Å². The minimum Gasteiger partial charge on any atom is -0.338 e. The Morgan fingerprint density at radius 1 is 1.18 bits per heavy atom. The van der Waals surface area contributed by atoms with Gasteiger partial charge in [-0.3, -0.25) is 0 Å². The Kier molecular flexibility index (Phi) is 4.39. The Hall–Kier alpha value is -1.93. The highest BCUT2D eigenvalue weighted by atomic mass is 32.2. The Balaban J connectivity index is 1.62. The summed E-state index contributed by atoms with van der Waals surface area (Å²) in [7, 11) is 0. The Morgan fingerprint density at radius 3 is 2.77 bits per heavy atom. The Morgan fingerprint density at radius 2 is 2.05 bits per heavy atom. The minimum atomic E-state index is 0.596. The van der Waals surface area contributed by atoms with Crippen molar-refractivity contribution in [2.45, 2.75) is 30.9 Å². The molecule has 6 nitrogen and oxygen atoms in total. The fourth-order valence-electron chi connectivity index (χ4n) is 1.78. The highest BCUT2D eigenvalue weighted by Gasteiger charge is 2.09. The van der Waals surface area contributed by atoms with Crippen LogP contribution in [-0.2, 0) is 5.75 Å². The van der Waals surface area contributed by atoms with Crippen LogP contribution in [0, 0.1) is 20.8 Å². The highest BCUT2D eigenvalue weighted by Crippen LogP contribution is 2.29. The maximum atomic E-state index is 5.07. The lowest BCUT2D eigenvalue weighted by molar-refractivity contribution is 0.387. The van der Waals surface area contributed by atoms with E-state index in [1.165, 1.54) is 34.2 Å². The summed E-state index contributed by atoms with van der Waals surface area (Å²) in [6.45, 7) is 5.99. The molecule has 3 aromatic rings. The van der Waals surface area contributed by atoms with Crippen molar-refractivity contribution in [2.75, 3.05) is 5.32 Å². The van der Waals surface area contributed by atoms with Crippen LogP contribution in [0.1, 0.15) is 22.8 Å². The molecule has 0 radical (unpaired) electrons. The molecule has 0 unspecified atom stereocenters. The summed E-state index contributed by atoms with van der Waals surface area (Å²) in [5, 5.41) is 16.1. The van der Waals surface area contributed by atoms with E-state index in [4.69, 9.17) is 4.52 Å². The van der Waals surface area contributed by atoms with Crippen LogP contribution in [0.15, 0.2) is 27.1 Å². The summed E-state index contributed by atoms with van der Waals surface area (Å²) in [5.41, 5.74) is 3.54. The maximum absolute atomic E-state index is 5.07. The van der Waals surface area contributed by atoms with Gasteiger partial charge in [0.1, 0.15) is 0 Å². The molecular weight excluding hydrogens is 318 g/mol. The summed E-state index contributed by atoms with van der Waals surface area (Å²) in [4.78, 5) is 4.16. The van der Waals surface area contributed by atoms with Gasteiger partial charge >= 0.3 is 0 Å². The second-order valence-corrected chi connectivity index (χ2v) is 7.02. The molecule has 0 aliphatic carbocycles. The molecule has 0 saturated heterocycles. The standard InChI is InChI=1S/C14H15N5OS2/c1-8-4-5-11(6-9(8)2)16-13-17-18-14(22-13)21-7-12-15-10(3)19-20-12/h4-6H,7H2,1-3H3,(H,16,17). The molecule has 0 fully saturated rings. The van der Waals surface area contributed by atoms with Gasteiger partial charge in [-0.05, 0) is 44.0 Å². The van der Waals surface area contributed by atoms with E-state index in [0.717, 1.165) is 15.2 Å². The van der Waals surface area contributed by atoms with E-state index < -0.39 is 0 Å². The summed E-state index contributed by atoms with van der Waals surface area (Å²) in [5.74, 6) is 1.84. The molecular formula is C14H15N5OS2. The van der Waals surface area contributed by atoms with E-state index in [9.17, 15) is 0 Å². The van der Waals surface area contributed by atoms with Gasteiger partial charge in [0.2, 0.25) is 11.0 Å². The molecule has 0 atom stereocenters. The first-order valence-electron chi connectivity index (χ1n) is 6.70. The molecule has 0 aliphatic heterocycles. The normalized spacial score (nSPS) is 10.9. The average molecular weight is 333 g/mol. The van der Waals surface area contributed by atoms with Crippen LogP contribution in [0.4, 0.5) is 10.8 Å². The third kappa shape index (κ3) is 3.63. The van der Waals surface area contributed by atoms with E-state index >= 15 is 0 Å². The van der Waals surface area contributed by atoms with Crippen molar-refractivity contribution in [3.63, 3.8) is 0 Å². The van der Waals surface area contributed by atoms with Gasteiger partial charge < -0.3 is 9.84 Å². The lowest BCUT2D eigenvalue weighted by Gasteiger charge is -2.05. The van der Waals surface area contributed by atoms with Crippen molar-refractivity contribution in [3.05, 3.63) is 41.0 Å². The molecule has 0 aliphatic rings. The number of thioether (sulfide) groups is 1. The van der Waals surface area contributed by atoms with E-state index in [1.807, 2.05) is 6.07 Å². The van der Waals surface area contributed by atoms with Gasteiger partial charge in [0, 0.05) is 5.69 Å². The number of nitrogens with zero attached hydrogens (tertiary/aromatic N) is 4. The predicted octanol–water partition coefficient (Wildman–Crippen LogP) is 3.88. The fraction of sp³-hybridized carbons (Fsp3) is 0.286. The topological polar surface area (TPSA) is 76.7 Å². The number of aryl methyl sites for hydroxylation is 3. The molecule has 8 heteroatoms. The van der Waals surface area contributed by atoms with Crippen molar-refractivity contribution in [2.24, 2.45) is 0 Å². The Bertz CT molecular complexity index is 783. The van der Waals surface area contributed by atoms with Crippen LogP contribution in [0.3, 0.4) is 0 Å². The van der Waals surface area contributed by atoms with Crippen molar-refractivity contribution in [1.29, 1.82) is 0 Å². The van der Waals surface area contributed by atoms with Gasteiger partial charge in [0.15, 0.2) is 10.2 Å². The van der Waals surface area contributed by atoms with Gasteiger partial charge in [-0.25, -0.2) is 0 Å². The molecule has 0 spiro atoms. The molecule has 1 N–H and O–H groups in total. The van der Waals surface area contributed by atoms with E-state index in [1.54, 1.807) is 6.92 Å². The van der Waals surface area contributed by atoms with Crippen molar-refractivity contribution < 1.29 is 4.52 Å².